The lowest BCUT2D eigenvalue weighted by atomic mass is 10.1. The number of anilines is 2. The molecule has 0 aliphatic carbocycles. The number of nitrogen functional groups attached to an aromatic ring is 1. The second kappa shape index (κ2) is 4.79. The van der Waals surface area contributed by atoms with E-state index in [2.05, 4.69) is 21.2 Å². The van der Waals surface area contributed by atoms with Gasteiger partial charge in [-0.2, -0.15) is 0 Å². The molecule has 2 aromatic rings. The minimum absolute atomic E-state index is 0.0733. The van der Waals surface area contributed by atoms with Crippen LogP contribution in [0.4, 0.5) is 15.8 Å². The fourth-order valence-corrected chi connectivity index (χ4v) is 2.37. The molecule has 0 radical (unpaired) electrons. The Hall–Kier alpha value is -2.08. The Labute approximate surface area is 122 Å². The summed E-state index contributed by atoms with van der Waals surface area (Å²) in [5.41, 5.74) is 7.70. The molecule has 1 aliphatic rings. The highest BCUT2D eigenvalue weighted by Gasteiger charge is 2.20. The van der Waals surface area contributed by atoms with E-state index in [0.29, 0.717) is 28.0 Å². The number of nitrogens with one attached hydrogen (secondary N) is 1. The van der Waals surface area contributed by atoms with Gasteiger partial charge in [-0.05, 0) is 29.8 Å². The predicted molar refractivity (Wildman–Crippen MR) is 77.4 cm³/mol. The van der Waals surface area contributed by atoms with Crippen LogP contribution in [0.1, 0.15) is 5.56 Å². The summed E-state index contributed by atoms with van der Waals surface area (Å²) in [6.07, 6.45) is 0.298. The molecule has 3 rings (SSSR count). The number of hydrogen-bond donors (Lipinski definition) is 2. The maximum atomic E-state index is 13.7. The summed E-state index contributed by atoms with van der Waals surface area (Å²) >= 11 is 3.18. The third kappa shape index (κ3) is 2.34. The molecule has 0 unspecified atom stereocenters. The lowest BCUT2D eigenvalue weighted by Gasteiger charge is -2.11. The van der Waals surface area contributed by atoms with Gasteiger partial charge in [0.25, 0.3) is 0 Å². The van der Waals surface area contributed by atoms with Crippen LogP contribution in [0.2, 0.25) is 0 Å². The smallest absolute Gasteiger partial charge is 0.228 e. The van der Waals surface area contributed by atoms with Gasteiger partial charge in [-0.1, -0.05) is 15.9 Å². The Bertz CT molecular complexity index is 719. The van der Waals surface area contributed by atoms with E-state index in [0.717, 1.165) is 5.56 Å². The Morgan fingerprint density at radius 1 is 1.25 bits per heavy atom. The topological polar surface area (TPSA) is 64.3 Å². The van der Waals surface area contributed by atoms with Crippen LogP contribution < -0.4 is 15.8 Å². The minimum Gasteiger partial charge on any atom is -0.452 e. The second-order valence-corrected chi connectivity index (χ2v) is 5.36. The molecule has 0 saturated carbocycles. The SMILES string of the molecule is Nc1cc2c(cc1Oc1ccc(Br)cc1F)NC(=O)C2. The van der Waals surface area contributed by atoms with Crippen molar-refractivity contribution >= 4 is 33.2 Å². The number of nitrogens with two attached hydrogens (primary N) is 1. The molecule has 1 aliphatic heterocycles. The highest BCUT2D eigenvalue weighted by molar-refractivity contribution is 9.10. The Kier molecular flexibility index (Phi) is 3.10. The van der Waals surface area contributed by atoms with E-state index in [9.17, 15) is 9.18 Å². The van der Waals surface area contributed by atoms with Crippen LogP contribution in [-0.4, -0.2) is 5.91 Å². The minimum atomic E-state index is -0.497. The number of carbonyl (C=O) groups excluding carboxylic acids is 1. The molecule has 3 N–H and O–H groups in total. The third-order valence-electron chi connectivity index (χ3n) is 2.97. The first kappa shape index (κ1) is 12.9. The molecule has 0 spiro atoms. The molecule has 0 bridgehead atoms. The van der Waals surface area contributed by atoms with Gasteiger partial charge in [0.05, 0.1) is 12.1 Å². The molecule has 6 heteroatoms. The standard InChI is InChI=1S/C14H10BrFN2O2/c15-8-1-2-12(9(16)5-8)20-13-6-11-7(3-10(13)17)4-14(19)18-11/h1-3,5-6H,4,17H2,(H,18,19). The molecule has 0 aromatic heterocycles. The van der Waals surface area contributed by atoms with Crippen molar-refractivity contribution in [3.8, 4) is 11.5 Å². The average molecular weight is 337 g/mol. The number of rotatable bonds is 2. The van der Waals surface area contributed by atoms with Crippen molar-refractivity contribution in [3.05, 3.63) is 46.2 Å². The van der Waals surface area contributed by atoms with Crippen LogP contribution in [0.5, 0.6) is 11.5 Å². The van der Waals surface area contributed by atoms with Gasteiger partial charge in [-0.25, -0.2) is 4.39 Å². The summed E-state index contributed by atoms with van der Waals surface area (Å²) in [7, 11) is 0. The number of halogens is 2. The van der Waals surface area contributed by atoms with Crippen LogP contribution in [0.15, 0.2) is 34.8 Å². The lowest BCUT2D eigenvalue weighted by Crippen LogP contribution is -2.03. The van der Waals surface area contributed by atoms with Crippen molar-refractivity contribution in [2.45, 2.75) is 6.42 Å². The highest BCUT2D eigenvalue weighted by Crippen LogP contribution is 2.36. The summed E-state index contributed by atoms with van der Waals surface area (Å²) in [5.74, 6) is -0.203. The fourth-order valence-electron chi connectivity index (χ4n) is 2.04. The molecule has 102 valence electrons. The first-order valence-electron chi connectivity index (χ1n) is 5.88. The van der Waals surface area contributed by atoms with Gasteiger partial charge in [0.2, 0.25) is 5.91 Å². The fraction of sp³-hybridized carbons (Fsp3) is 0.0714. The van der Waals surface area contributed by atoms with Crippen molar-refractivity contribution in [1.29, 1.82) is 0 Å². The molecule has 4 nitrogen and oxygen atoms in total. The van der Waals surface area contributed by atoms with Gasteiger partial charge < -0.3 is 15.8 Å². The van der Waals surface area contributed by atoms with E-state index in [1.165, 1.54) is 12.1 Å². The molecular formula is C14H10BrFN2O2. The number of fused-ring (bicyclic) bond motifs is 1. The van der Waals surface area contributed by atoms with Crippen molar-refractivity contribution in [2.24, 2.45) is 0 Å². The van der Waals surface area contributed by atoms with Gasteiger partial charge in [0, 0.05) is 16.2 Å². The quantitative estimate of drug-likeness (QED) is 0.825. The molecule has 20 heavy (non-hydrogen) atoms. The Morgan fingerprint density at radius 3 is 2.80 bits per heavy atom. The summed E-state index contributed by atoms with van der Waals surface area (Å²) in [6, 6.07) is 7.76. The van der Waals surface area contributed by atoms with E-state index in [-0.39, 0.29) is 11.7 Å². The maximum Gasteiger partial charge on any atom is 0.228 e. The first-order valence-corrected chi connectivity index (χ1v) is 6.67. The number of hydrogen-bond acceptors (Lipinski definition) is 3. The van der Waals surface area contributed by atoms with Crippen LogP contribution in [0.3, 0.4) is 0 Å². The summed E-state index contributed by atoms with van der Waals surface area (Å²) in [5, 5.41) is 2.70. The van der Waals surface area contributed by atoms with Gasteiger partial charge in [0.1, 0.15) is 0 Å². The van der Waals surface area contributed by atoms with Crippen LogP contribution in [0.25, 0.3) is 0 Å². The lowest BCUT2D eigenvalue weighted by molar-refractivity contribution is -0.115. The van der Waals surface area contributed by atoms with E-state index in [4.69, 9.17) is 10.5 Å². The van der Waals surface area contributed by atoms with Crippen molar-refractivity contribution in [3.63, 3.8) is 0 Å². The zero-order valence-electron chi connectivity index (χ0n) is 10.2. The largest absolute Gasteiger partial charge is 0.452 e. The maximum absolute atomic E-state index is 13.7. The Morgan fingerprint density at radius 2 is 2.05 bits per heavy atom. The highest BCUT2D eigenvalue weighted by atomic mass is 79.9. The van der Waals surface area contributed by atoms with Crippen LogP contribution in [-0.2, 0) is 11.2 Å². The number of carbonyl (C=O) groups is 1. The van der Waals surface area contributed by atoms with Crippen molar-refractivity contribution in [1.82, 2.24) is 0 Å². The Balaban J connectivity index is 1.95. The summed E-state index contributed by atoms with van der Waals surface area (Å²) in [4.78, 5) is 11.3. The zero-order valence-corrected chi connectivity index (χ0v) is 11.8. The van der Waals surface area contributed by atoms with Crippen LogP contribution in [0, 0.1) is 5.82 Å². The van der Waals surface area contributed by atoms with Gasteiger partial charge in [-0.3, -0.25) is 4.79 Å². The number of amides is 1. The molecular weight excluding hydrogens is 327 g/mol. The van der Waals surface area contributed by atoms with Gasteiger partial charge in [-0.15, -0.1) is 0 Å². The first-order chi connectivity index (χ1) is 9.52. The molecule has 0 fully saturated rings. The van der Waals surface area contributed by atoms with E-state index in [1.807, 2.05) is 0 Å². The normalized spacial score (nSPS) is 13.0. The second-order valence-electron chi connectivity index (χ2n) is 4.45. The molecule has 2 aromatic carbocycles. The molecule has 1 amide bonds. The van der Waals surface area contributed by atoms with E-state index >= 15 is 0 Å². The van der Waals surface area contributed by atoms with Gasteiger partial charge in [0.15, 0.2) is 17.3 Å². The number of benzene rings is 2. The third-order valence-corrected chi connectivity index (χ3v) is 3.47. The average Bonchev–Trinajstić information content (AvgIpc) is 2.72. The monoisotopic (exact) mass is 336 g/mol. The van der Waals surface area contributed by atoms with Crippen LogP contribution >= 0.6 is 15.9 Å². The zero-order chi connectivity index (χ0) is 14.3. The summed E-state index contributed by atoms with van der Waals surface area (Å²) < 4.78 is 19.8. The molecule has 0 atom stereocenters. The summed E-state index contributed by atoms with van der Waals surface area (Å²) in [6.45, 7) is 0. The van der Waals surface area contributed by atoms with E-state index < -0.39 is 5.82 Å². The van der Waals surface area contributed by atoms with Crippen molar-refractivity contribution in [2.75, 3.05) is 11.1 Å². The molecule has 1 heterocycles. The number of ether oxygens (including phenoxy) is 1. The van der Waals surface area contributed by atoms with Gasteiger partial charge >= 0.3 is 0 Å². The van der Waals surface area contributed by atoms with E-state index in [1.54, 1.807) is 18.2 Å². The van der Waals surface area contributed by atoms with Crippen molar-refractivity contribution < 1.29 is 13.9 Å². The predicted octanol–water partition coefficient (Wildman–Crippen LogP) is 3.46. The molecule has 0 saturated heterocycles.